The molecule has 108 valence electrons. The summed E-state index contributed by atoms with van der Waals surface area (Å²) in [7, 11) is 0. The molecule has 1 fully saturated rings. The lowest BCUT2D eigenvalue weighted by atomic mass is 9.90. The molecular formula is C13H24N4O2. The highest BCUT2D eigenvalue weighted by atomic mass is 16.5. The molecular weight excluding hydrogens is 244 g/mol. The van der Waals surface area contributed by atoms with Crippen molar-refractivity contribution in [3.8, 4) is 0 Å². The van der Waals surface area contributed by atoms with Crippen molar-refractivity contribution in [3.63, 3.8) is 0 Å². The SMILES string of the molecule is CCOC(C)c1noc(CN2CCC(C)(CN)C2)n1. The molecule has 1 aromatic rings. The van der Waals surface area contributed by atoms with Gasteiger partial charge in [-0.3, -0.25) is 4.90 Å². The number of ether oxygens (including phenoxy) is 1. The Morgan fingerprint density at radius 2 is 2.37 bits per heavy atom. The summed E-state index contributed by atoms with van der Waals surface area (Å²) in [6.07, 6.45) is 1.01. The molecule has 0 aromatic carbocycles. The molecule has 2 atom stereocenters. The molecule has 2 N–H and O–H groups in total. The fourth-order valence-electron chi connectivity index (χ4n) is 2.44. The molecule has 19 heavy (non-hydrogen) atoms. The van der Waals surface area contributed by atoms with E-state index in [1.807, 2.05) is 13.8 Å². The third kappa shape index (κ3) is 3.52. The molecule has 0 radical (unpaired) electrons. The lowest BCUT2D eigenvalue weighted by molar-refractivity contribution is 0.0683. The van der Waals surface area contributed by atoms with Gasteiger partial charge in [-0.1, -0.05) is 12.1 Å². The van der Waals surface area contributed by atoms with E-state index in [0.717, 1.165) is 26.1 Å². The quantitative estimate of drug-likeness (QED) is 0.839. The fourth-order valence-corrected chi connectivity index (χ4v) is 2.44. The van der Waals surface area contributed by atoms with Gasteiger partial charge in [0, 0.05) is 13.2 Å². The molecule has 0 aliphatic carbocycles. The number of likely N-dealkylation sites (tertiary alicyclic amines) is 1. The van der Waals surface area contributed by atoms with Gasteiger partial charge in [-0.15, -0.1) is 0 Å². The Hall–Kier alpha value is -0.980. The molecule has 1 aromatic heterocycles. The molecule has 1 aliphatic heterocycles. The van der Waals surface area contributed by atoms with Crippen LogP contribution < -0.4 is 5.73 Å². The maximum absolute atomic E-state index is 5.81. The van der Waals surface area contributed by atoms with Crippen molar-refractivity contribution in [1.82, 2.24) is 15.0 Å². The normalized spacial score (nSPS) is 25.9. The number of hydrogen-bond donors (Lipinski definition) is 1. The molecule has 0 amide bonds. The second-order valence-corrected chi connectivity index (χ2v) is 5.62. The summed E-state index contributed by atoms with van der Waals surface area (Å²) in [5.41, 5.74) is 6.03. The number of aromatic nitrogens is 2. The summed E-state index contributed by atoms with van der Waals surface area (Å²) in [5, 5.41) is 3.97. The Balaban J connectivity index is 1.90. The van der Waals surface area contributed by atoms with E-state index < -0.39 is 0 Å². The van der Waals surface area contributed by atoms with Crippen LogP contribution in [0.25, 0.3) is 0 Å². The first-order valence-electron chi connectivity index (χ1n) is 6.93. The van der Waals surface area contributed by atoms with Crippen molar-refractivity contribution >= 4 is 0 Å². The van der Waals surface area contributed by atoms with Gasteiger partial charge in [0.25, 0.3) is 0 Å². The summed E-state index contributed by atoms with van der Waals surface area (Å²) < 4.78 is 10.7. The van der Waals surface area contributed by atoms with Gasteiger partial charge in [0.15, 0.2) is 5.82 Å². The van der Waals surface area contributed by atoms with Gasteiger partial charge in [-0.2, -0.15) is 4.98 Å². The zero-order chi connectivity index (χ0) is 13.9. The molecule has 0 bridgehead atoms. The van der Waals surface area contributed by atoms with Crippen LogP contribution in [0, 0.1) is 5.41 Å². The smallest absolute Gasteiger partial charge is 0.240 e. The summed E-state index contributed by atoms with van der Waals surface area (Å²) in [6.45, 7) is 10.2. The second-order valence-electron chi connectivity index (χ2n) is 5.62. The van der Waals surface area contributed by atoms with Gasteiger partial charge in [-0.25, -0.2) is 0 Å². The van der Waals surface area contributed by atoms with Crippen molar-refractivity contribution < 1.29 is 9.26 Å². The summed E-state index contributed by atoms with van der Waals surface area (Å²) in [4.78, 5) is 6.71. The average molecular weight is 268 g/mol. The van der Waals surface area contributed by atoms with Crippen molar-refractivity contribution in [2.45, 2.75) is 39.8 Å². The van der Waals surface area contributed by atoms with Crippen molar-refractivity contribution in [2.24, 2.45) is 11.1 Å². The van der Waals surface area contributed by atoms with E-state index in [1.165, 1.54) is 0 Å². The number of rotatable bonds is 6. The van der Waals surface area contributed by atoms with Gasteiger partial charge in [0.05, 0.1) is 6.54 Å². The zero-order valence-corrected chi connectivity index (χ0v) is 12.1. The molecule has 6 nitrogen and oxygen atoms in total. The lowest BCUT2D eigenvalue weighted by Gasteiger charge is -2.21. The Kier molecular flexibility index (Phi) is 4.54. The van der Waals surface area contributed by atoms with Crippen LogP contribution in [0.1, 0.15) is 45.0 Å². The maximum Gasteiger partial charge on any atom is 0.240 e. The average Bonchev–Trinajstić information content (AvgIpc) is 2.98. The van der Waals surface area contributed by atoms with E-state index in [1.54, 1.807) is 0 Å². The summed E-state index contributed by atoms with van der Waals surface area (Å²) in [5.74, 6) is 1.28. The molecule has 6 heteroatoms. The van der Waals surface area contributed by atoms with E-state index >= 15 is 0 Å². The molecule has 1 saturated heterocycles. The van der Waals surface area contributed by atoms with Crippen molar-refractivity contribution in [3.05, 3.63) is 11.7 Å². The minimum Gasteiger partial charge on any atom is -0.371 e. The van der Waals surface area contributed by atoms with Gasteiger partial charge in [0.2, 0.25) is 5.89 Å². The van der Waals surface area contributed by atoms with Gasteiger partial charge in [-0.05, 0) is 38.8 Å². The summed E-state index contributed by atoms with van der Waals surface area (Å²) >= 11 is 0. The summed E-state index contributed by atoms with van der Waals surface area (Å²) in [6, 6.07) is 0. The van der Waals surface area contributed by atoms with Crippen LogP contribution >= 0.6 is 0 Å². The van der Waals surface area contributed by atoms with Crippen LogP contribution in [-0.4, -0.2) is 41.3 Å². The van der Waals surface area contributed by atoms with Crippen LogP contribution in [0.2, 0.25) is 0 Å². The minimum atomic E-state index is -0.115. The highest BCUT2D eigenvalue weighted by molar-refractivity contribution is 4.93. The van der Waals surface area contributed by atoms with Crippen LogP contribution in [-0.2, 0) is 11.3 Å². The largest absolute Gasteiger partial charge is 0.371 e. The first-order chi connectivity index (χ1) is 9.06. The van der Waals surface area contributed by atoms with E-state index in [0.29, 0.717) is 24.9 Å². The standard InChI is InChI=1S/C13H24N4O2/c1-4-18-10(2)12-15-11(19-16-12)7-17-6-5-13(3,8-14)9-17/h10H,4-9,14H2,1-3H3. The van der Waals surface area contributed by atoms with Gasteiger partial charge in [0.1, 0.15) is 6.10 Å². The highest BCUT2D eigenvalue weighted by Crippen LogP contribution is 2.29. The Bertz CT molecular complexity index is 409. The van der Waals surface area contributed by atoms with Crippen LogP contribution in [0.5, 0.6) is 0 Å². The molecule has 0 spiro atoms. The monoisotopic (exact) mass is 268 g/mol. The Morgan fingerprint density at radius 1 is 1.58 bits per heavy atom. The van der Waals surface area contributed by atoms with Gasteiger partial charge >= 0.3 is 0 Å². The van der Waals surface area contributed by atoms with E-state index in [9.17, 15) is 0 Å². The second kappa shape index (κ2) is 5.98. The van der Waals surface area contributed by atoms with E-state index in [-0.39, 0.29) is 11.5 Å². The van der Waals surface area contributed by atoms with E-state index in [2.05, 4.69) is 22.0 Å². The molecule has 2 unspecified atom stereocenters. The van der Waals surface area contributed by atoms with Crippen molar-refractivity contribution in [1.29, 1.82) is 0 Å². The van der Waals surface area contributed by atoms with Crippen LogP contribution in [0.15, 0.2) is 4.52 Å². The Labute approximate surface area is 114 Å². The molecule has 1 aliphatic rings. The zero-order valence-electron chi connectivity index (χ0n) is 12.1. The third-order valence-electron chi connectivity index (χ3n) is 3.75. The number of nitrogens with zero attached hydrogens (tertiary/aromatic N) is 3. The topological polar surface area (TPSA) is 77.4 Å². The lowest BCUT2D eigenvalue weighted by Crippen LogP contribution is -2.31. The van der Waals surface area contributed by atoms with Crippen molar-refractivity contribution in [2.75, 3.05) is 26.2 Å². The molecule has 2 heterocycles. The first-order valence-corrected chi connectivity index (χ1v) is 6.93. The number of nitrogens with two attached hydrogens (primary N) is 1. The number of hydrogen-bond acceptors (Lipinski definition) is 6. The highest BCUT2D eigenvalue weighted by Gasteiger charge is 2.33. The molecule has 2 rings (SSSR count). The first kappa shape index (κ1) is 14.4. The maximum atomic E-state index is 5.81. The third-order valence-corrected chi connectivity index (χ3v) is 3.75. The van der Waals surface area contributed by atoms with Crippen LogP contribution in [0.4, 0.5) is 0 Å². The fraction of sp³-hybridized carbons (Fsp3) is 0.846. The Morgan fingerprint density at radius 3 is 3.00 bits per heavy atom. The van der Waals surface area contributed by atoms with Crippen LogP contribution in [0.3, 0.4) is 0 Å². The molecule has 0 saturated carbocycles. The van der Waals surface area contributed by atoms with E-state index in [4.69, 9.17) is 15.0 Å². The predicted molar refractivity (Wildman–Crippen MR) is 71.4 cm³/mol. The van der Waals surface area contributed by atoms with Gasteiger partial charge < -0.3 is 15.0 Å². The minimum absolute atomic E-state index is 0.115. The predicted octanol–water partition coefficient (Wildman–Crippen LogP) is 1.34.